The van der Waals surface area contributed by atoms with Gasteiger partial charge in [0.2, 0.25) is 0 Å². The van der Waals surface area contributed by atoms with Crippen molar-refractivity contribution in [1.82, 2.24) is 0 Å². The fourth-order valence-corrected chi connectivity index (χ4v) is 1.86. The SMILES string of the molecule is CCOc1ccc(Cc2c[c-]ccc2Cl)cc1.[Cl-].[I-].[Li+].[Mg+2]. The van der Waals surface area contributed by atoms with E-state index in [1.165, 1.54) is 5.56 Å². The van der Waals surface area contributed by atoms with Gasteiger partial charge in [0.15, 0.2) is 0 Å². The van der Waals surface area contributed by atoms with Crippen molar-refractivity contribution in [2.75, 3.05) is 6.61 Å². The van der Waals surface area contributed by atoms with Gasteiger partial charge < -0.3 is 41.1 Å². The minimum atomic E-state index is 0. The fraction of sp³-hybridized carbons (Fsp3) is 0.200. The van der Waals surface area contributed by atoms with Crippen LogP contribution in [-0.4, -0.2) is 29.7 Å². The molecular formula is C15H14Cl2ILiMgO. The van der Waals surface area contributed by atoms with Gasteiger partial charge in [0.1, 0.15) is 5.75 Å². The predicted octanol–water partition coefficient (Wildman–Crippen LogP) is -5.24. The summed E-state index contributed by atoms with van der Waals surface area (Å²) in [4.78, 5) is 0. The first-order valence-corrected chi connectivity index (χ1v) is 6.03. The molecule has 104 valence electrons. The number of ether oxygens (including phenoxy) is 1. The second-order valence-corrected chi connectivity index (χ2v) is 4.18. The molecule has 0 spiro atoms. The van der Waals surface area contributed by atoms with Crippen molar-refractivity contribution in [1.29, 1.82) is 0 Å². The molecule has 21 heavy (non-hydrogen) atoms. The third kappa shape index (κ3) is 8.95. The van der Waals surface area contributed by atoms with E-state index in [0.717, 1.165) is 22.8 Å². The van der Waals surface area contributed by atoms with E-state index < -0.39 is 0 Å². The molecule has 0 aliphatic heterocycles. The van der Waals surface area contributed by atoms with E-state index in [2.05, 4.69) is 18.2 Å². The zero-order valence-electron chi connectivity index (χ0n) is 12.2. The minimum absolute atomic E-state index is 0. The van der Waals surface area contributed by atoms with E-state index in [-0.39, 0.29) is 78.3 Å². The van der Waals surface area contributed by atoms with Crippen LogP contribution in [0.2, 0.25) is 5.02 Å². The molecule has 0 heterocycles. The number of hydrogen-bond acceptors (Lipinski definition) is 1. The molecule has 2 rings (SSSR count). The average molecular weight is 439 g/mol. The Morgan fingerprint density at radius 1 is 1.14 bits per heavy atom. The third-order valence-corrected chi connectivity index (χ3v) is 2.89. The quantitative estimate of drug-likeness (QED) is 0.263. The molecule has 0 aliphatic rings. The number of hydrogen-bond donors (Lipinski definition) is 0. The third-order valence-electron chi connectivity index (χ3n) is 2.52. The summed E-state index contributed by atoms with van der Waals surface area (Å²) in [6.07, 6.45) is 0.822. The smallest absolute Gasteiger partial charge is 1.00 e. The topological polar surface area (TPSA) is 9.23 Å². The largest absolute Gasteiger partial charge is 2.00 e. The van der Waals surface area contributed by atoms with E-state index in [1.54, 1.807) is 0 Å². The molecule has 1 nitrogen and oxygen atoms in total. The van der Waals surface area contributed by atoms with Crippen molar-refractivity contribution in [3.05, 3.63) is 64.7 Å². The maximum absolute atomic E-state index is 6.11. The summed E-state index contributed by atoms with van der Waals surface area (Å²) in [5.74, 6) is 0.905. The summed E-state index contributed by atoms with van der Waals surface area (Å²) in [5.41, 5.74) is 2.31. The molecule has 0 radical (unpaired) electrons. The maximum Gasteiger partial charge on any atom is 2.00 e. The van der Waals surface area contributed by atoms with Gasteiger partial charge >= 0.3 is 41.9 Å². The molecular weight excluding hydrogens is 425 g/mol. The van der Waals surface area contributed by atoms with Gasteiger partial charge in [0, 0.05) is 0 Å². The molecule has 0 aromatic heterocycles. The van der Waals surface area contributed by atoms with E-state index in [1.807, 2.05) is 37.3 Å². The molecule has 0 amide bonds. The van der Waals surface area contributed by atoms with Gasteiger partial charge in [-0.2, -0.15) is 24.3 Å². The van der Waals surface area contributed by atoms with E-state index >= 15 is 0 Å². The summed E-state index contributed by atoms with van der Waals surface area (Å²) in [5, 5.41) is 0.789. The van der Waals surface area contributed by atoms with Crippen molar-refractivity contribution in [2.45, 2.75) is 13.3 Å². The van der Waals surface area contributed by atoms with Crippen molar-refractivity contribution in [2.24, 2.45) is 0 Å². The summed E-state index contributed by atoms with van der Waals surface area (Å²) in [6.45, 7) is 2.67. The van der Waals surface area contributed by atoms with Crippen molar-refractivity contribution >= 4 is 34.7 Å². The fourth-order valence-electron chi connectivity index (χ4n) is 1.67. The van der Waals surface area contributed by atoms with Gasteiger partial charge in [-0.3, -0.25) is 0 Å². The molecule has 6 heteroatoms. The van der Waals surface area contributed by atoms with Gasteiger partial charge in [-0.05, 0) is 25.5 Å². The average Bonchev–Trinajstić information content (AvgIpc) is 2.35. The van der Waals surface area contributed by atoms with E-state index in [0.29, 0.717) is 6.61 Å². The second-order valence-electron chi connectivity index (χ2n) is 3.77. The van der Waals surface area contributed by atoms with Crippen LogP contribution in [0, 0.1) is 6.07 Å². The number of rotatable bonds is 4. The Labute approximate surface area is 183 Å². The van der Waals surface area contributed by atoms with Crippen molar-refractivity contribution in [3.63, 3.8) is 0 Å². The van der Waals surface area contributed by atoms with Crippen LogP contribution >= 0.6 is 11.6 Å². The summed E-state index contributed by atoms with van der Waals surface area (Å²) >= 11 is 6.11. The normalized spacial score (nSPS) is 8.29. The van der Waals surface area contributed by atoms with Gasteiger partial charge in [-0.1, -0.05) is 22.7 Å². The Kier molecular flexibility index (Phi) is 18.5. The van der Waals surface area contributed by atoms with Crippen molar-refractivity contribution < 1.29 is 60.0 Å². The van der Waals surface area contributed by atoms with Crippen LogP contribution in [0.3, 0.4) is 0 Å². The summed E-state index contributed by atoms with van der Waals surface area (Å²) < 4.78 is 5.40. The van der Waals surface area contributed by atoms with Gasteiger partial charge in [0.05, 0.1) is 6.61 Å². The van der Waals surface area contributed by atoms with E-state index in [9.17, 15) is 0 Å². The maximum atomic E-state index is 6.11. The van der Waals surface area contributed by atoms with Crippen LogP contribution in [0.25, 0.3) is 0 Å². The summed E-state index contributed by atoms with van der Waals surface area (Å²) in [6, 6.07) is 16.8. The zero-order chi connectivity index (χ0) is 12.1. The van der Waals surface area contributed by atoms with Crippen LogP contribution in [-0.2, 0) is 6.42 Å². The van der Waals surface area contributed by atoms with Crippen LogP contribution in [0.15, 0.2) is 42.5 Å². The zero-order valence-corrected chi connectivity index (χ0v) is 17.3. The first-order chi connectivity index (χ1) is 8.29. The molecule has 0 unspecified atom stereocenters. The minimum Gasteiger partial charge on any atom is -1.00 e. The van der Waals surface area contributed by atoms with Crippen molar-refractivity contribution in [3.8, 4) is 5.75 Å². The van der Waals surface area contributed by atoms with Gasteiger partial charge in [-0.25, -0.2) is 0 Å². The Hall–Kier alpha value is 0.914. The molecule has 0 N–H and O–H groups in total. The Morgan fingerprint density at radius 3 is 2.29 bits per heavy atom. The second kappa shape index (κ2) is 14.5. The Morgan fingerprint density at radius 2 is 1.76 bits per heavy atom. The predicted molar refractivity (Wildman–Crippen MR) is 76.5 cm³/mol. The van der Waals surface area contributed by atoms with Crippen LogP contribution in [0.1, 0.15) is 18.1 Å². The van der Waals surface area contributed by atoms with Gasteiger partial charge in [0.25, 0.3) is 0 Å². The first-order valence-electron chi connectivity index (χ1n) is 5.66. The standard InChI is InChI=1S/C15H14ClO.ClH.HI.Li.Mg/c1-2-17-14-9-7-12(8-10-14)11-13-5-3-4-6-15(13)16;;;;/h4-10H,2,11H2,1H3;2*1H;;/q-1;;;+1;+2/p-2. The Balaban J connectivity index is -0.000000810. The molecule has 0 saturated heterocycles. The van der Waals surface area contributed by atoms with E-state index in [4.69, 9.17) is 16.3 Å². The number of halogens is 3. The number of benzene rings is 2. The van der Waals surface area contributed by atoms with Crippen LogP contribution in [0.5, 0.6) is 5.75 Å². The molecule has 0 fully saturated rings. The molecule has 0 saturated carbocycles. The first kappa shape index (κ1) is 26.8. The summed E-state index contributed by atoms with van der Waals surface area (Å²) in [7, 11) is 0. The molecule has 0 bridgehead atoms. The van der Waals surface area contributed by atoms with Crippen LogP contribution < -0.4 is 60.0 Å². The van der Waals surface area contributed by atoms with Gasteiger partial charge in [-0.15, -0.1) is 17.2 Å². The Bertz CT molecular complexity index is 497. The monoisotopic (exact) mass is 438 g/mol. The molecule has 0 atom stereocenters. The molecule has 2 aromatic rings. The van der Waals surface area contributed by atoms with Crippen LogP contribution in [0.4, 0.5) is 0 Å². The molecule has 0 aliphatic carbocycles. The molecule has 2 aromatic carbocycles.